The molecule has 0 bridgehead atoms. The van der Waals surface area contributed by atoms with E-state index in [0.717, 1.165) is 24.8 Å². The molecule has 1 spiro atoms. The molecule has 1 aromatic carbocycles. The molecular weight excluding hydrogens is 320 g/mol. The molecule has 1 heterocycles. The number of benzene rings is 1. The van der Waals surface area contributed by atoms with Crippen LogP contribution in [-0.4, -0.2) is 58.7 Å². The molecule has 1 saturated carbocycles. The minimum Gasteiger partial charge on any atom is -0.389 e. The molecule has 2 fully saturated rings. The summed E-state index contributed by atoms with van der Waals surface area (Å²) in [4.78, 5) is 28.1. The van der Waals surface area contributed by atoms with Crippen molar-refractivity contribution in [3.05, 3.63) is 35.9 Å². The van der Waals surface area contributed by atoms with Gasteiger partial charge in [-0.15, -0.1) is 0 Å². The summed E-state index contributed by atoms with van der Waals surface area (Å²) in [5, 5.41) is 10.2. The lowest BCUT2D eigenvalue weighted by atomic mass is 9.81. The summed E-state index contributed by atoms with van der Waals surface area (Å²) in [6.07, 6.45) is 3.56. The minimum atomic E-state index is -0.885. The van der Waals surface area contributed by atoms with Crippen LogP contribution in [-0.2, 0) is 16.1 Å². The summed E-state index contributed by atoms with van der Waals surface area (Å²) >= 11 is 0. The number of hydrogen-bond acceptors (Lipinski definition) is 4. The molecule has 3 amide bonds. The molecule has 1 N–H and O–H groups in total. The van der Waals surface area contributed by atoms with Crippen LogP contribution in [0.2, 0.25) is 0 Å². The SMILES string of the molecule is CN1C(=O)N(C[C@H](O)COCc2ccccc2)C(=O)C12CCCCC2. The highest BCUT2D eigenvalue weighted by Crippen LogP contribution is 2.39. The fourth-order valence-corrected chi connectivity index (χ4v) is 3.84. The van der Waals surface area contributed by atoms with Gasteiger partial charge in [0.2, 0.25) is 0 Å². The molecule has 1 aromatic rings. The smallest absolute Gasteiger partial charge is 0.327 e. The van der Waals surface area contributed by atoms with Crippen LogP contribution in [0, 0.1) is 0 Å². The van der Waals surface area contributed by atoms with E-state index >= 15 is 0 Å². The van der Waals surface area contributed by atoms with Crippen molar-refractivity contribution in [1.29, 1.82) is 0 Å². The summed E-state index contributed by atoms with van der Waals surface area (Å²) < 4.78 is 5.51. The third-order valence-corrected chi connectivity index (χ3v) is 5.30. The molecule has 0 aromatic heterocycles. The fraction of sp³-hybridized carbons (Fsp3) is 0.579. The highest BCUT2D eigenvalue weighted by atomic mass is 16.5. The average molecular weight is 346 g/mol. The molecule has 2 aliphatic rings. The van der Waals surface area contributed by atoms with Gasteiger partial charge in [-0.1, -0.05) is 49.6 Å². The first kappa shape index (κ1) is 17.9. The van der Waals surface area contributed by atoms with Crippen LogP contribution in [0.3, 0.4) is 0 Å². The van der Waals surface area contributed by atoms with Crippen LogP contribution < -0.4 is 0 Å². The minimum absolute atomic E-state index is 0.0153. The van der Waals surface area contributed by atoms with E-state index in [2.05, 4.69) is 0 Å². The van der Waals surface area contributed by atoms with Crippen LogP contribution in [0.5, 0.6) is 0 Å². The zero-order chi connectivity index (χ0) is 17.9. The maximum absolute atomic E-state index is 12.8. The Morgan fingerprint density at radius 2 is 1.84 bits per heavy atom. The van der Waals surface area contributed by atoms with E-state index in [1.807, 2.05) is 30.3 Å². The van der Waals surface area contributed by atoms with E-state index < -0.39 is 11.6 Å². The van der Waals surface area contributed by atoms with Crippen molar-refractivity contribution in [2.75, 3.05) is 20.2 Å². The first-order valence-electron chi connectivity index (χ1n) is 8.94. The summed E-state index contributed by atoms with van der Waals surface area (Å²) in [6, 6.07) is 9.37. The largest absolute Gasteiger partial charge is 0.389 e. The number of β-amino-alcohol motifs (C(OH)–C–C–N with tert-alkyl or cyclic N) is 1. The number of ether oxygens (including phenoxy) is 1. The molecule has 25 heavy (non-hydrogen) atoms. The lowest BCUT2D eigenvalue weighted by Gasteiger charge is -2.35. The number of likely N-dealkylation sites (N-methyl/N-ethyl adjacent to an activating group) is 1. The first-order chi connectivity index (χ1) is 12.0. The van der Waals surface area contributed by atoms with Gasteiger partial charge in [0.15, 0.2) is 0 Å². The standard InChI is InChI=1S/C19H26N2O4/c1-20-18(24)21(17(23)19(20)10-6-3-7-11-19)12-16(22)14-25-13-15-8-4-2-5-9-15/h2,4-5,8-9,16,22H,3,6-7,10-14H2,1H3/t16-/m0/s1. The molecule has 0 unspecified atom stereocenters. The Hall–Kier alpha value is -1.92. The lowest BCUT2D eigenvalue weighted by molar-refractivity contribution is -0.135. The number of carbonyl (C=O) groups excluding carboxylic acids is 2. The molecule has 3 rings (SSSR count). The van der Waals surface area contributed by atoms with E-state index in [9.17, 15) is 14.7 Å². The van der Waals surface area contributed by atoms with Crippen molar-refractivity contribution >= 4 is 11.9 Å². The number of rotatable bonds is 6. The number of amides is 3. The van der Waals surface area contributed by atoms with Crippen molar-refractivity contribution < 1.29 is 19.4 Å². The van der Waals surface area contributed by atoms with E-state index in [0.29, 0.717) is 19.4 Å². The van der Waals surface area contributed by atoms with Crippen molar-refractivity contribution in [3.8, 4) is 0 Å². The lowest BCUT2D eigenvalue weighted by Crippen LogP contribution is -2.49. The first-order valence-corrected chi connectivity index (χ1v) is 8.94. The summed E-state index contributed by atoms with van der Waals surface area (Å²) in [5.41, 5.74) is 0.323. The van der Waals surface area contributed by atoms with Gasteiger partial charge < -0.3 is 14.7 Å². The van der Waals surface area contributed by atoms with Crippen molar-refractivity contribution in [2.24, 2.45) is 0 Å². The average Bonchev–Trinajstić information content (AvgIpc) is 2.80. The Morgan fingerprint density at radius 1 is 1.16 bits per heavy atom. The Balaban J connectivity index is 1.54. The molecule has 6 nitrogen and oxygen atoms in total. The van der Waals surface area contributed by atoms with Crippen molar-refractivity contribution in [3.63, 3.8) is 0 Å². The van der Waals surface area contributed by atoms with Gasteiger partial charge in [-0.2, -0.15) is 0 Å². The Morgan fingerprint density at radius 3 is 2.52 bits per heavy atom. The van der Waals surface area contributed by atoms with Gasteiger partial charge in [0.25, 0.3) is 5.91 Å². The zero-order valence-electron chi connectivity index (χ0n) is 14.7. The van der Waals surface area contributed by atoms with Gasteiger partial charge in [-0.25, -0.2) is 4.79 Å². The van der Waals surface area contributed by atoms with Crippen LogP contribution in [0.1, 0.15) is 37.7 Å². The third kappa shape index (κ3) is 3.55. The Kier molecular flexibility index (Phi) is 5.39. The van der Waals surface area contributed by atoms with Crippen LogP contribution in [0.25, 0.3) is 0 Å². The number of urea groups is 1. The molecule has 1 atom stereocenters. The second-order valence-electron chi connectivity index (χ2n) is 7.00. The van der Waals surface area contributed by atoms with E-state index in [-0.39, 0.29) is 25.1 Å². The summed E-state index contributed by atoms with van der Waals surface area (Å²) in [6.45, 7) is 0.463. The van der Waals surface area contributed by atoms with E-state index in [4.69, 9.17) is 4.74 Å². The molecule has 136 valence electrons. The monoisotopic (exact) mass is 346 g/mol. The second kappa shape index (κ2) is 7.54. The van der Waals surface area contributed by atoms with Crippen LogP contribution >= 0.6 is 0 Å². The number of nitrogens with zero attached hydrogens (tertiary/aromatic N) is 2. The molecule has 1 saturated heterocycles. The molecular formula is C19H26N2O4. The second-order valence-corrected chi connectivity index (χ2v) is 7.00. The van der Waals surface area contributed by atoms with Gasteiger partial charge in [0.1, 0.15) is 5.54 Å². The van der Waals surface area contributed by atoms with E-state index in [1.54, 1.807) is 11.9 Å². The quantitative estimate of drug-likeness (QED) is 0.802. The van der Waals surface area contributed by atoms with E-state index in [1.165, 1.54) is 4.90 Å². The number of aliphatic hydroxyl groups is 1. The normalized spacial score (nSPS) is 21.2. The molecule has 0 radical (unpaired) electrons. The van der Waals surface area contributed by atoms with Gasteiger partial charge in [0.05, 0.1) is 25.9 Å². The van der Waals surface area contributed by atoms with Crippen molar-refractivity contribution in [1.82, 2.24) is 9.80 Å². The van der Waals surface area contributed by atoms with Gasteiger partial charge >= 0.3 is 6.03 Å². The number of hydrogen-bond donors (Lipinski definition) is 1. The van der Waals surface area contributed by atoms with Gasteiger partial charge in [-0.05, 0) is 18.4 Å². The number of imide groups is 1. The van der Waals surface area contributed by atoms with Crippen molar-refractivity contribution in [2.45, 2.75) is 50.4 Å². The molecule has 1 aliphatic heterocycles. The van der Waals surface area contributed by atoms with Crippen LogP contribution in [0.4, 0.5) is 4.79 Å². The number of aliphatic hydroxyl groups excluding tert-OH is 1. The Bertz CT molecular complexity index is 613. The van der Waals surface area contributed by atoms with Gasteiger partial charge in [-0.3, -0.25) is 9.69 Å². The Labute approximate surface area is 148 Å². The highest BCUT2D eigenvalue weighted by molar-refractivity contribution is 6.07. The predicted octanol–water partition coefficient (Wildman–Crippen LogP) is 2.16. The highest BCUT2D eigenvalue weighted by Gasteiger charge is 2.55. The zero-order valence-corrected chi connectivity index (χ0v) is 14.7. The topological polar surface area (TPSA) is 70.1 Å². The summed E-state index contributed by atoms with van der Waals surface area (Å²) in [7, 11) is 1.70. The third-order valence-electron chi connectivity index (χ3n) is 5.30. The van der Waals surface area contributed by atoms with Gasteiger partial charge in [0, 0.05) is 7.05 Å². The fourth-order valence-electron chi connectivity index (χ4n) is 3.84. The predicted molar refractivity (Wildman–Crippen MR) is 92.8 cm³/mol. The maximum Gasteiger partial charge on any atom is 0.327 e. The molecule has 1 aliphatic carbocycles. The molecule has 6 heteroatoms. The van der Waals surface area contributed by atoms with Crippen LogP contribution in [0.15, 0.2) is 30.3 Å². The maximum atomic E-state index is 12.8. The summed E-state index contributed by atoms with van der Waals surface area (Å²) in [5.74, 6) is -0.165. The number of carbonyl (C=O) groups is 2.